The molecule has 0 amide bonds. The van der Waals surface area contributed by atoms with E-state index in [2.05, 4.69) is 63.2 Å². The van der Waals surface area contributed by atoms with Crippen molar-refractivity contribution in [2.45, 2.75) is 26.7 Å². The summed E-state index contributed by atoms with van der Waals surface area (Å²) in [7, 11) is 0. The summed E-state index contributed by atoms with van der Waals surface area (Å²) in [6, 6.07) is 15.3. The average Bonchev–Trinajstić information content (AvgIpc) is 2.27. The molecular formula is C15H18. The summed E-state index contributed by atoms with van der Waals surface area (Å²) < 4.78 is 0. The smallest absolute Gasteiger partial charge is 0.0167 e. The average molecular weight is 198 g/mol. The van der Waals surface area contributed by atoms with Crippen LogP contribution in [-0.2, 0) is 0 Å². The van der Waals surface area contributed by atoms with E-state index in [0.717, 1.165) is 0 Å². The minimum atomic E-state index is 0.634. The normalized spacial score (nSPS) is 13.3. The lowest BCUT2D eigenvalue weighted by atomic mass is 9.89. The summed E-state index contributed by atoms with van der Waals surface area (Å²) in [5, 5.41) is 2.68. The van der Waals surface area contributed by atoms with E-state index in [-0.39, 0.29) is 0 Å². The highest BCUT2D eigenvalue weighted by Crippen LogP contribution is 2.26. The van der Waals surface area contributed by atoms with Crippen LogP contribution in [-0.4, -0.2) is 0 Å². The van der Waals surface area contributed by atoms with E-state index < -0.39 is 0 Å². The van der Waals surface area contributed by atoms with Crippen LogP contribution in [0.2, 0.25) is 0 Å². The first-order valence-corrected chi connectivity index (χ1v) is 5.67. The van der Waals surface area contributed by atoms with E-state index in [1.165, 1.54) is 16.3 Å². The Bertz CT molecular complexity index is 454. The van der Waals surface area contributed by atoms with Gasteiger partial charge in [0.1, 0.15) is 0 Å². The van der Waals surface area contributed by atoms with Gasteiger partial charge in [-0.2, -0.15) is 0 Å². The Hall–Kier alpha value is -1.30. The van der Waals surface area contributed by atoms with E-state index in [1.807, 2.05) is 0 Å². The van der Waals surface area contributed by atoms with Gasteiger partial charge in [0, 0.05) is 0 Å². The third-order valence-electron chi connectivity index (χ3n) is 3.30. The molecule has 0 aliphatic heterocycles. The second kappa shape index (κ2) is 4.06. The van der Waals surface area contributed by atoms with Gasteiger partial charge in [0.15, 0.2) is 0 Å². The van der Waals surface area contributed by atoms with Crippen LogP contribution >= 0.6 is 0 Å². The summed E-state index contributed by atoms with van der Waals surface area (Å²) in [5.41, 5.74) is 1.45. The maximum atomic E-state index is 2.32. The molecule has 0 aliphatic rings. The van der Waals surface area contributed by atoms with Gasteiger partial charge in [-0.15, -0.1) is 0 Å². The van der Waals surface area contributed by atoms with Gasteiger partial charge in [0.2, 0.25) is 0 Å². The maximum Gasteiger partial charge on any atom is -0.0167 e. The lowest BCUT2D eigenvalue weighted by Crippen LogP contribution is -2.01. The molecular weight excluding hydrogens is 180 g/mol. The Morgan fingerprint density at radius 2 is 1.47 bits per heavy atom. The van der Waals surface area contributed by atoms with Crippen LogP contribution in [0.15, 0.2) is 42.5 Å². The molecule has 15 heavy (non-hydrogen) atoms. The number of benzene rings is 2. The van der Waals surface area contributed by atoms with Gasteiger partial charge in [-0.25, -0.2) is 0 Å². The van der Waals surface area contributed by atoms with Crippen LogP contribution in [0.25, 0.3) is 10.8 Å². The molecule has 1 atom stereocenters. The SMILES string of the molecule is CC(C)[C@@H](C)c1ccc2ccccc2c1. The molecule has 0 heteroatoms. The molecule has 0 spiro atoms. The summed E-state index contributed by atoms with van der Waals surface area (Å²) in [6.45, 7) is 6.86. The van der Waals surface area contributed by atoms with Crippen molar-refractivity contribution in [3.8, 4) is 0 Å². The van der Waals surface area contributed by atoms with Crippen molar-refractivity contribution in [2.75, 3.05) is 0 Å². The molecule has 0 radical (unpaired) electrons. The van der Waals surface area contributed by atoms with E-state index in [9.17, 15) is 0 Å². The fraction of sp³-hybridized carbons (Fsp3) is 0.333. The Balaban J connectivity index is 2.47. The van der Waals surface area contributed by atoms with E-state index >= 15 is 0 Å². The highest BCUT2D eigenvalue weighted by atomic mass is 14.1. The number of fused-ring (bicyclic) bond motifs is 1. The standard InChI is InChI=1S/C15H18/c1-11(2)12(3)14-9-8-13-6-4-5-7-15(13)10-14/h4-12H,1-3H3/t12-/m1/s1. The first kappa shape index (κ1) is 10.2. The first-order valence-electron chi connectivity index (χ1n) is 5.67. The Labute approximate surface area is 91.9 Å². The topological polar surface area (TPSA) is 0 Å². The van der Waals surface area contributed by atoms with Gasteiger partial charge in [-0.3, -0.25) is 0 Å². The van der Waals surface area contributed by atoms with Gasteiger partial charge < -0.3 is 0 Å². The minimum absolute atomic E-state index is 0.634. The number of rotatable bonds is 2. The van der Waals surface area contributed by atoms with Crippen molar-refractivity contribution in [3.05, 3.63) is 48.0 Å². The van der Waals surface area contributed by atoms with Gasteiger partial charge in [0.05, 0.1) is 0 Å². The highest BCUT2D eigenvalue weighted by molar-refractivity contribution is 5.83. The molecule has 0 saturated heterocycles. The van der Waals surface area contributed by atoms with E-state index in [1.54, 1.807) is 0 Å². The highest BCUT2D eigenvalue weighted by Gasteiger charge is 2.09. The van der Waals surface area contributed by atoms with E-state index in [4.69, 9.17) is 0 Å². The van der Waals surface area contributed by atoms with Crippen LogP contribution in [0.5, 0.6) is 0 Å². The van der Waals surface area contributed by atoms with Crippen molar-refractivity contribution in [1.29, 1.82) is 0 Å². The second-order valence-electron chi connectivity index (χ2n) is 4.64. The lowest BCUT2D eigenvalue weighted by molar-refractivity contribution is 0.535. The van der Waals surface area contributed by atoms with Gasteiger partial charge in [-0.1, -0.05) is 63.2 Å². The summed E-state index contributed by atoms with van der Waals surface area (Å²) >= 11 is 0. The van der Waals surface area contributed by atoms with Crippen molar-refractivity contribution in [1.82, 2.24) is 0 Å². The van der Waals surface area contributed by atoms with Crippen LogP contribution in [0, 0.1) is 5.92 Å². The lowest BCUT2D eigenvalue weighted by Gasteiger charge is -2.16. The van der Waals surface area contributed by atoms with Gasteiger partial charge in [-0.05, 0) is 28.2 Å². The maximum absolute atomic E-state index is 2.32. The van der Waals surface area contributed by atoms with Crippen LogP contribution in [0.3, 0.4) is 0 Å². The zero-order valence-corrected chi connectivity index (χ0v) is 9.70. The Morgan fingerprint density at radius 3 is 2.13 bits per heavy atom. The first-order chi connectivity index (χ1) is 7.18. The molecule has 2 aromatic rings. The summed E-state index contributed by atoms with van der Waals surface area (Å²) in [4.78, 5) is 0. The number of hydrogen-bond donors (Lipinski definition) is 0. The number of hydrogen-bond acceptors (Lipinski definition) is 0. The Morgan fingerprint density at radius 1 is 0.800 bits per heavy atom. The summed E-state index contributed by atoms with van der Waals surface area (Å²) in [5.74, 6) is 1.33. The molecule has 0 aromatic heterocycles. The molecule has 0 bridgehead atoms. The predicted octanol–water partition coefficient (Wildman–Crippen LogP) is 4.60. The molecule has 0 aliphatic carbocycles. The molecule has 0 heterocycles. The molecule has 2 rings (SSSR count). The minimum Gasteiger partial charge on any atom is -0.0622 e. The molecule has 2 aromatic carbocycles. The van der Waals surface area contributed by atoms with Gasteiger partial charge >= 0.3 is 0 Å². The molecule has 0 N–H and O–H groups in total. The van der Waals surface area contributed by atoms with Crippen molar-refractivity contribution in [2.24, 2.45) is 5.92 Å². The monoisotopic (exact) mass is 198 g/mol. The quantitative estimate of drug-likeness (QED) is 0.661. The summed E-state index contributed by atoms with van der Waals surface area (Å²) in [6.07, 6.45) is 0. The third kappa shape index (κ3) is 2.04. The van der Waals surface area contributed by atoms with Crippen molar-refractivity contribution < 1.29 is 0 Å². The van der Waals surface area contributed by atoms with Crippen LogP contribution in [0.4, 0.5) is 0 Å². The van der Waals surface area contributed by atoms with Crippen molar-refractivity contribution >= 4 is 10.8 Å². The van der Waals surface area contributed by atoms with Crippen LogP contribution in [0.1, 0.15) is 32.3 Å². The molecule has 0 fully saturated rings. The second-order valence-corrected chi connectivity index (χ2v) is 4.64. The Kier molecular flexibility index (Phi) is 2.77. The molecule has 0 nitrogen and oxygen atoms in total. The van der Waals surface area contributed by atoms with Crippen molar-refractivity contribution in [3.63, 3.8) is 0 Å². The largest absolute Gasteiger partial charge is 0.0622 e. The van der Waals surface area contributed by atoms with E-state index in [0.29, 0.717) is 11.8 Å². The molecule has 0 saturated carbocycles. The fourth-order valence-corrected chi connectivity index (χ4v) is 1.88. The molecule has 78 valence electrons. The van der Waals surface area contributed by atoms with Gasteiger partial charge in [0.25, 0.3) is 0 Å². The molecule has 0 unspecified atom stereocenters. The van der Waals surface area contributed by atoms with Crippen LogP contribution < -0.4 is 0 Å². The zero-order valence-electron chi connectivity index (χ0n) is 9.70. The predicted molar refractivity (Wildman–Crippen MR) is 67.2 cm³/mol. The zero-order chi connectivity index (χ0) is 10.8. The fourth-order valence-electron chi connectivity index (χ4n) is 1.88. The third-order valence-corrected chi connectivity index (χ3v) is 3.30.